The number of benzene rings is 1. The smallest absolute Gasteiger partial charge is 0.278 e. The van der Waals surface area contributed by atoms with Gasteiger partial charge >= 0.3 is 12.4 Å². The molecule has 0 saturated heterocycles. The SMILES string of the molecule is CN1C(C(F)(F)F)C(C#N)=C([Si](C)(C)C)N1c1c(Cl)cc(C(F)(F)F)cc1Cl. The molecule has 0 radical (unpaired) electrons. The van der Waals surface area contributed by atoms with Crippen molar-refractivity contribution in [3.63, 3.8) is 0 Å². The van der Waals surface area contributed by atoms with Crippen LogP contribution in [0.4, 0.5) is 32.0 Å². The Balaban J connectivity index is 2.81. The van der Waals surface area contributed by atoms with Crippen LogP contribution in [0.15, 0.2) is 23.0 Å². The summed E-state index contributed by atoms with van der Waals surface area (Å²) in [7, 11) is -1.52. The van der Waals surface area contributed by atoms with E-state index in [1.807, 2.05) is 0 Å². The van der Waals surface area contributed by atoms with Crippen LogP contribution >= 0.6 is 23.2 Å². The molecule has 0 bridgehead atoms. The lowest BCUT2D eigenvalue weighted by Gasteiger charge is -2.37. The van der Waals surface area contributed by atoms with Crippen molar-refractivity contribution in [3.05, 3.63) is 38.6 Å². The minimum atomic E-state index is -4.79. The molecular formula is C16H15Cl2F6N3Si. The fraction of sp³-hybridized carbons (Fsp3) is 0.438. The number of rotatable bonds is 2. The van der Waals surface area contributed by atoms with Gasteiger partial charge in [-0.15, -0.1) is 0 Å². The average molecular weight is 462 g/mol. The molecule has 1 atom stereocenters. The van der Waals surface area contributed by atoms with Crippen LogP contribution in [0.5, 0.6) is 0 Å². The van der Waals surface area contributed by atoms with Gasteiger partial charge in [0, 0.05) is 12.4 Å². The minimum Gasteiger partial charge on any atom is -0.278 e. The van der Waals surface area contributed by atoms with Gasteiger partial charge in [-0.1, -0.05) is 42.8 Å². The number of halogens is 8. The Hall–Kier alpha value is -1.41. The standard InChI is InChI=1S/C16H15Cl2F6N3Si/c1-26-13(16(22,23)24)9(7-25)14(28(2,3)4)27(26)12-10(17)5-8(6-11(12)18)15(19,20)21/h5-6,13H,1-4H3. The van der Waals surface area contributed by atoms with Crippen molar-refractivity contribution in [2.45, 2.75) is 38.0 Å². The second-order valence-electron chi connectivity index (χ2n) is 7.24. The van der Waals surface area contributed by atoms with Crippen molar-refractivity contribution in [2.75, 3.05) is 12.1 Å². The first-order chi connectivity index (χ1) is 12.5. The highest BCUT2D eigenvalue weighted by molar-refractivity contribution is 6.84. The molecule has 0 spiro atoms. The van der Waals surface area contributed by atoms with Gasteiger partial charge in [0.2, 0.25) is 0 Å². The summed E-state index contributed by atoms with van der Waals surface area (Å²) < 4.78 is 80.0. The van der Waals surface area contributed by atoms with E-state index in [2.05, 4.69) is 0 Å². The van der Waals surface area contributed by atoms with Crippen LogP contribution in [0.2, 0.25) is 29.7 Å². The predicted octanol–water partition coefficient (Wildman–Crippen LogP) is 6.26. The first-order valence-corrected chi connectivity index (χ1v) is 12.1. The third-order valence-corrected chi connectivity index (χ3v) is 6.60. The molecule has 28 heavy (non-hydrogen) atoms. The fourth-order valence-corrected chi connectivity index (χ4v) is 5.67. The van der Waals surface area contributed by atoms with Gasteiger partial charge in [0.15, 0.2) is 6.04 Å². The molecule has 1 aromatic rings. The second kappa shape index (κ2) is 7.13. The molecule has 1 aromatic carbocycles. The zero-order valence-corrected chi connectivity index (χ0v) is 17.6. The van der Waals surface area contributed by atoms with Gasteiger partial charge < -0.3 is 0 Å². The van der Waals surface area contributed by atoms with Crippen molar-refractivity contribution < 1.29 is 26.3 Å². The summed E-state index contributed by atoms with van der Waals surface area (Å²) in [4.78, 5) is 0. The summed E-state index contributed by atoms with van der Waals surface area (Å²) in [5.41, 5.74) is -1.86. The Morgan fingerprint density at radius 1 is 1.04 bits per heavy atom. The molecule has 1 aliphatic heterocycles. The number of nitriles is 1. The molecule has 0 amide bonds. The van der Waals surface area contributed by atoms with E-state index in [0.717, 1.165) is 17.1 Å². The molecule has 0 aromatic heterocycles. The molecule has 0 N–H and O–H groups in total. The van der Waals surface area contributed by atoms with Crippen molar-refractivity contribution in [2.24, 2.45) is 0 Å². The number of anilines is 1. The van der Waals surface area contributed by atoms with E-state index in [4.69, 9.17) is 23.2 Å². The van der Waals surface area contributed by atoms with Gasteiger partial charge in [0.1, 0.15) is 8.07 Å². The molecular weight excluding hydrogens is 447 g/mol. The molecule has 1 unspecified atom stereocenters. The van der Waals surface area contributed by atoms with Crippen LogP contribution in [0.25, 0.3) is 0 Å². The Morgan fingerprint density at radius 2 is 1.50 bits per heavy atom. The Bertz CT molecular complexity index is 844. The van der Waals surface area contributed by atoms with E-state index >= 15 is 0 Å². The predicted molar refractivity (Wildman–Crippen MR) is 97.5 cm³/mol. The molecule has 1 heterocycles. The molecule has 3 nitrogen and oxygen atoms in total. The van der Waals surface area contributed by atoms with Crippen LogP contribution in [0.1, 0.15) is 5.56 Å². The maximum Gasteiger partial charge on any atom is 0.416 e. The number of hydrogen-bond acceptors (Lipinski definition) is 3. The van der Waals surface area contributed by atoms with Crippen LogP contribution in [-0.4, -0.2) is 32.3 Å². The Morgan fingerprint density at radius 3 is 1.82 bits per heavy atom. The molecule has 0 aliphatic carbocycles. The van der Waals surface area contributed by atoms with E-state index in [1.54, 1.807) is 25.7 Å². The molecule has 2 rings (SSSR count). The van der Waals surface area contributed by atoms with Gasteiger partial charge in [-0.3, -0.25) is 5.01 Å². The number of alkyl halides is 6. The van der Waals surface area contributed by atoms with Crippen molar-refractivity contribution in [1.29, 1.82) is 5.26 Å². The zero-order valence-electron chi connectivity index (χ0n) is 15.1. The van der Waals surface area contributed by atoms with E-state index in [9.17, 15) is 31.6 Å². The maximum atomic E-state index is 13.7. The third-order valence-electron chi connectivity index (χ3n) is 4.13. The van der Waals surface area contributed by atoms with Gasteiger partial charge in [-0.25, -0.2) is 5.01 Å². The third kappa shape index (κ3) is 3.99. The number of likely N-dealkylation sites (N-methyl/N-ethyl adjacent to an activating group) is 1. The molecule has 12 heteroatoms. The van der Waals surface area contributed by atoms with Crippen molar-refractivity contribution in [3.8, 4) is 6.07 Å². The van der Waals surface area contributed by atoms with Gasteiger partial charge in [-0.2, -0.15) is 31.6 Å². The summed E-state index contributed by atoms with van der Waals surface area (Å²) in [6.07, 6.45) is -9.52. The monoisotopic (exact) mass is 461 g/mol. The van der Waals surface area contributed by atoms with Crippen molar-refractivity contribution in [1.82, 2.24) is 5.01 Å². The molecule has 0 fully saturated rings. The highest BCUT2D eigenvalue weighted by atomic mass is 35.5. The summed E-state index contributed by atoms with van der Waals surface area (Å²) in [5.74, 6) is 0. The minimum absolute atomic E-state index is 0.0865. The van der Waals surface area contributed by atoms with E-state index in [1.165, 1.54) is 0 Å². The Labute approximate surface area is 168 Å². The lowest BCUT2D eigenvalue weighted by Crippen LogP contribution is -2.49. The summed E-state index contributed by atoms with van der Waals surface area (Å²) >= 11 is 12.1. The van der Waals surface area contributed by atoms with E-state index in [-0.39, 0.29) is 11.0 Å². The van der Waals surface area contributed by atoms with Crippen LogP contribution < -0.4 is 5.01 Å². The van der Waals surface area contributed by atoms with Gasteiger partial charge in [-0.05, 0) is 12.1 Å². The normalized spacial score (nSPS) is 19.4. The summed E-state index contributed by atoms with van der Waals surface area (Å²) in [6.45, 7) is 5.14. The van der Waals surface area contributed by atoms with Gasteiger partial charge in [0.25, 0.3) is 0 Å². The highest BCUT2D eigenvalue weighted by Gasteiger charge is 2.55. The quantitative estimate of drug-likeness (QED) is 0.384. The number of nitrogens with zero attached hydrogens (tertiary/aromatic N) is 3. The van der Waals surface area contributed by atoms with Gasteiger partial charge in [0.05, 0.1) is 32.9 Å². The lowest BCUT2D eigenvalue weighted by atomic mass is 10.1. The fourth-order valence-electron chi connectivity index (χ4n) is 3.12. The summed E-state index contributed by atoms with van der Waals surface area (Å²) in [6, 6.07) is 0.576. The zero-order chi connectivity index (χ0) is 21.8. The van der Waals surface area contributed by atoms with Crippen molar-refractivity contribution >= 4 is 37.0 Å². The van der Waals surface area contributed by atoms with Crippen LogP contribution in [-0.2, 0) is 6.18 Å². The number of hydrogen-bond donors (Lipinski definition) is 0. The van der Waals surface area contributed by atoms with Crippen LogP contribution in [0.3, 0.4) is 0 Å². The lowest BCUT2D eigenvalue weighted by molar-refractivity contribution is -0.165. The second-order valence-corrected chi connectivity index (χ2v) is 13.0. The molecule has 1 aliphatic rings. The van der Waals surface area contributed by atoms with E-state index < -0.39 is 47.7 Å². The first-order valence-electron chi connectivity index (χ1n) is 7.82. The van der Waals surface area contributed by atoms with Crippen LogP contribution in [0, 0.1) is 11.3 Å². The molecule has 154 valence electrons. The maximum absolute atomic E-state index is 13.7. The summed E-state index contributed by atoms with van der Waals surface area (Å²) in [5, 5.41) is 10.4. The first kappa shape index (κ1) is 22.9. The average Bonchev–Trinajstić information content (AvgIpc) is 2.78. The largest absolute Gasteiger partial charge is 0.416 e. The highest BCUT2D eigenvalue weighted by Crippen LogP contribution is 2.48. The number of hydrazine groups is 1. The molecule has 0 saturated carbocycles. The Kier molecular flexibility index (Phi) is 5.82. The van der Waals surface area contributed by atoms with E-state index in [0.29, 0.717) is 12.1 Å². The topological polar surface area (TPSA) is 30.3 Å².